The maximum Gasteiger partial charge on any atom is 0.257 e. The highest BCUT2D eigenvalue weighted by Gasteiger charge is 2.23. The molecule has 0 aliphatic carbocycles. The molecule has 30 heavy (non-hydrogen) atoms. The van der Waals surface area contributed by atoms with Crippen LogP contribution in [0.4, 0.5) is 11.5 Å². The molecule has 154 valence electrons. The monoisotopic (exact) mass is 402 g/mol. The number of methoxy groups -OCH3 is 1. The first kappa shape index (κ1) is 19.9. The number of carbonyl (C=O) groups is 1. The summed E-state index contributed by atoms with van der Waals surface area (Å²) in [4.78, 5) is 19.1. The van der Waals surface area contributed by atoms with Crippen molar-refractivity contribution in [3.8, 4) is 5.75 Å². The standard InChI is InChI=1S/C24H26N4O2/c1-30-22-10-7-18(8-11-22)15-25-21-13-14-28(17-21)23-12-9-19(16-26-23)24(29)27-20-5-3-2-4-6-20/h2-12,16,21,25H,13-15,17H2,1H3,(H,27,29)/t21-/m1/s1. The number of nitrogens with one attached hydrogen (secondary N) is 2. The first-order valence-corrected chi connectivity index (χ1v) is 10.1. The van der Waals surface area contributed by atoms with Crippen LogP contribution in [0.15, 0.2) is 72.9 Å². The Morgan fingerprint density at radius 3 is 2.60 bits per heavy atom. The van der Waals surface area contributed by atoms with Crippen LogP contribution < -0.4 is 20.3 Å². The minimum atomic E-state index is -0.152. The number of hydrogen-bond donors (Lipinski definition) is 2. The Hall–Kier alpha value is -3.38. The van der Waals surface area contributed by atoms with Gasteiger partial charge in [-0.2, -0.15) is 0 Å². The number of carbonyl (C=O) groups excluding carboxylic acids is 1. The average Bonchev–Trinajstić information content (AvgIpc) is 3.28. The lowest BCUT2D eigenvalue weighted by atomic mass is 10.2. The Morgan fingerprint density at radius 2 is 1.90 bits per heavy atom. The number of benzene rings is 2. The maximum absolute atomic E-state index is 12.4. The molecule has 1 saturated heterocycles. The zero-order chi connectivity index (χ0) is 20.8. The van der Waals surface area contributed by atoms with Crippen molar-refractivity contribution in [2.75, 3.05) is 30.4 Å². The van der Waals surface area contributed by atoms with Crippen molar-refractivity contribution in [2.24, 2.45) is 0 Å². The molecule has 0 bridgehead atoms. The third kappa shape index (κ3) is 4.96. The van der Waals surface area contributed by atoms with Gasteiger partial charge in [0.15, 0.2) is 0 Å². The van der Waals surface area contributed by atoms with Crippen molar-refractivity contribution >= 4 is 17.4 Å². The van der Waals surface area contributed by atoms with Gasteiger partial charge in [-0.3, -0.25) is 4.79 Å². The van der Waals surface area contributed by atoms with Crippen LogP contribution in [-0.2, 0) is 6.54 Å². The Morgan fingerprint density at radius 1 is 1.10 bits per heavy atom. The van der Waals surface area contributed by atoms with Gasteiger partial charge in [-0.15, -0.1) is 0 Å². The van der Waals surface area contributed by atoms with Crippen LogP contribution >= 0.6 is 0 Å². The minimum Gasteiger partial charge on any atom is -0.497 e. The minimum absolute atomic E-state index is 0.152. The van der Waals surface area contributed by atoms with E-state index in [-0.39, 0.29) is 5.91 Å². The fourth-order valence-corrected chi connectivity index (χ4v) is 3.57. The number of para-hydroxylation sites is 1. The van der Waals surface area contributed by atoms with Gasteiger partial charge in [0.05, 0.1) is 12.7 Å². The van der Waals surface area contributed by atoms with Crippen LogP contribution in [-0.4, -0.2) is 37.1 Å². The molecule has 0 unspecified atom stereocenters. The van der Waals surface area contributed by atoms with E-state index < -0.39 is 0 Å². The summed E-state index contributed by atoms with van der Waals surface area (Å²) >= 11 is 0. The van der Waals surface area contributed by atoms with Gasteiger partial charge < -0.3 is 20.3 Å². The maximum atomic E-state index is 12.4. The van der Waals surface area contributed by atoms with E-state index in [4.69, 9.17) is 4.74 Å². The summed E-state index contributed by atoms with van der Waals surface area (Å²) < 4.78 is 5.20. The van der Waals surface area contributed by atoms with Crippen molar-refractivity contribution in [1.29, 1.82) is 0 Å². The Bertz CT molecular complexity index is 959. The second kappa shape index (κ2) is 9.41. The number of hydrogen-bond acceptors (Lipinski definition) is 5. The number of rotatable bonds is 7. The van der Waals surface area contributed by atoms with Crippen LogP contribution in [0.25, 0.3) is 0 Å². The van der Waals surface area contributed by atoms with Crippen molar-refractivity contribution in [3.63, 3.8) is 0 Å². The summed E-state index contributed by atoms with van der Waals surface area (Å²) in [5, 5.41) is 6.50. The second-order valence-electron chi connectivity index (χ2n) is 7.39. The quantitative estimate of drug-likeness (QED) is 0.631. The third-order valence-electron chi connectivity index (χ3n) is 5.31. The smallest absolute Gasteiger partial charge is 0.257 e. The van der Waals surface area contributed by atoms with Crippen LogP contribution in [0, 0.1) is 0 Å². The normalized spacial score (nSPS) is 15.8. The molecule has 0 saturated carbocycles. The van der Waals surface area contributed by atoms with Gasteiger partial charge in [-0.1, -0.05) is 30.3 Å². The summed E-state index contributed by atoms with van der Waals surface area (Å²) in [6.07, 6.45) is 2.71. The zero-order valence-electron chi connectivity index (χ0n) is 17.0. The first-order valence-electron chi connectivity index (χ1n) is 10.1. The van der Waals surface area contributed by atoms with Crippen molar-refractivity contribution in [3.05, 3.63) is 84.1 Å². The van der Waals surface area contributed by atoms with Crippen molar-refractivity contribution in [1.82, 2.24) is 10.3 Å². The van der Waals surface area contributed by atoms with E-state index in [1.54, 1.807) is 13.3 Å². The van der Waals surface area contributed by atoms with E-state index in [1.165, 1.54) is 5.56 Å². The Labute approximate surface area is 176 Å². The molecule has 3 aromatic rings. The molecule has 6 nitrogen and oxygen atoms in total. The molecule has 2 N–H and O–H groups in total. The lowest BCUT2D eigenvalue weighted by molar-refractivity contribution is 0.102. The highest BCUT2D eigenvalue weighted by Crippen LogP contribution is 2.19. The molecular formula is C24H26N4O2. The van der Waals surface area contributed by atoms with E-state index in [0.29, 0.717) is 11.6 Å². The van der Waals surface area contributed by atoms with E-state index >= 15 is 0 Å². The van der Waals surface area contributed by atoms with Crippen molar-refractivity contribution in [2.45, 2.75) is 19.0 Å². The van der Waals surface area contributed by atoms with E-state index in [9.17, 15) is 4.79 Å². The summed E-state index contributed by atoms with van der Waals surface area (Å²) in [7, 11) is 1.68. The average molecular weight is 402 g/mol. The number of aromatic nitrogens is 1. The van der Waals surface area contributed by atoms with Gasteiger partial charge in [0, 0.05) is 37.6 Å². The summed E-state index contributed by atoms with van der Waals surface area (Å²) in [5.74, 6) is 1.62. The SMILES string of the molecule is COc1ccc(CN[C@@H]2CCN(c3ccc(C(=O)Nc4ccccc4)cn3)C2)cc1. The topological polar surface area (TPSA) is 66.5 Å². The molecule has 2 heterocycles. The zero-order valence-corrected chi connectivity index (χ0v) is 17.0. The summed E-state index contributed by atoms with van der Waals surface area (Å²) in [5.41, 5.74) is 2.56. The van der Waals surface area contributed by atoms with E-state index in [1.807, 2.05) is 54.6 Å². The summed E-state index contributed by atoms with van der Waals surface area (Å²) in [6, 6.07) is 21.7. The van der Waals surface area contributed by atoms with Gasteiger partial charge in [0.2, 0.25) is 0 Å². The van der Waals surface area contributed by atoms with Crippen LogP contribution in [0.2, 0.25) is 0 Å². The van der Waals surface area contributed by atoms with Gasteiger partial charge >= 0.3 is 0 Å². The van der Waals surface area contributed by atoms with Gasteiger partial charge in [0.1, 0.15) is 11.6 Å². The largest absolute Gasteiger partial charge is 0.497 e. The number of nitrogens with zero attached hydrogens (tertiary/aromatic N) is 2. The van der Waals surface area contributed by atoms with Crippen LogP contribution in [0.5, 0.6) is 5.75 Å². The second-order valence-corrected chi connectivity index (χ2v) is 7.39. The predicted molar refractivity (Wildman–Crippen MR) is 119 cm³/mol. The summed E-state index contributed by atoms with van der Waals surface area (Å²) in [6.45, 7) is 2.68. The van der Waals surface area contributed by atoms with E-state index in [0.717, 1.165) is 43.3 Å². The molecule has 6 heteroatoms. The fourth-order valence-electron chi connectivity index (χ4n) is 3.57. The number of anilines is 2. The molecule has 1 aliphatic heterocycles. The Kier molecular flexibility index (Phi) is 6.25. The molecule has 1 aliphatic rings. The molecule has 1 amide bonds. The van der Waals surface area contributed by atoms with Crippen LogP contribution in [0.3, 0.4) is 0 Å². The van der Waals surface area contributed by atoms with E-state index in [2.05, 4.69) is 32.7 Å². The number of ether oxygens (including phenoxy) is 1. The highest BCUT2D eigenvalue weighted by atomic mass is 16.5. The molecule has 4 rings (SSSR count). The van der Waals surface area contributed by atoms with Gasteiger partial charge in [-0.05, 0) is 48.4 Å². The van der Waals surface area contributed by atoms with Crippen molar-refractivity contribution < 1.29 is 9.53 Å². The van der Waals surface area contributed by atoms with Crippen LogP contribution in [0.1, 0.15) is 22.3 Å². The first-order chi connectivity index (χ1) is 14.7. The van der Waals surface area contributed by atoms with Gasteiger partial charge in [0.25, 0.3) is 5.91 Å². The Balaban J connectivity index is 1.29. The highest BCUT2D eigenvalue weighted by molar-refractivity contribution is 6.04. The molecule has 1 aromatic heterocycles. The molecule has 1 atom stereocenters. The molecule has 0 spiro atoms. The lowest BCUT2D eigenvalue weighted by Crippen LogP contribution is -2.32. The number of pyridine rings is 1. The third-order valence-corrected chi connectivity index (χ3v) is 5.31. The molecular weight excluding hydrogens is 376 g/mol. The predicted octanol–water partition coefficient (Wildman–Crippen LogP) is 3.71. The molecule has 1 fully saturated rings. The number of amides is 1. The molecule has 2 aromatic carbocycles. The van der Waals surface area contributed by atoms with Gasteiger partial charge in [-0.25, -0.2) is 4.98 Å². The molecule has 0 radical (unpaired) electrons. The lowest BCUT2D eigenvalue weighted by Gasteiger charge is -2.18. The fraction of sp³-hybridized carbons (Fsp3) is 0.250.